The van der Waals surface area contributed by atoms with Crippen LogP contribution in [0, 0.1) is 16.7 Å². The third-order valence-electron chi connectivity index (χ3n) is 4.92. The average Bonchev–Trinajstić information content (AvgIpc) is 2.38. The van der Waals surface area contributed by atoms with Crippen molar-refractivity contribution >= 4 is 0 Å². The first-order valence-electron chi connectivity index (χ1n) is 7.62. The highest BCUT2D eigenvalue weighted by atomic mass is 15.1. The molecule has 110 valence electrons. The molecular weight excluding hydrogens is 234 g/mol. The Morgan fingerprint density at radius 2 is 1.95 bits per heavy atom. The molecule has 1 aliphatic rings. The SMILES string of the molecule is CNC(C)(C#N)CCCN(C)C1CCC(C)(C)CC1. The van der Waals surface area contributed by atoms with E-state index >= 15 is 0 Å². The van der Waals surface area contributed by atoms with Crippen molar-refractivity contribution in [2.75, 3.05) is 20.6 Å². The number of nitrogens with one attached hydrogen (secondary N) is 1. The van der Waals surface area contributed by atoms with Crippen LogP contribution in [0.25, 0.3) is 0 Å². The van der Waals surface area contributed by atoms with Crippen LogP contribution in [-0.2, 0) is 0 Å². The molecular formula is C16H31N3. The van der Waals surface area contributed by atoms with Gasteiger partial charge in [0.05, 0.1) is 6.07 Å². The molecule has 0 radical (unpaired) electrons. The van der Waals surface area contributed by atoms with Gasteiger partial charge in [-0.15, -0.1) is 0 Å². The fraction of sp³-hybridized carbons (Fsp3) is 0.938. The number of hydrogen-bond acceptors (Lipinski definition) is 3. The molecule has 3 heteroatoms. The Kier molecular flexibility index (Phi) is 5.82. The van der Waals surface area contributed by atoms with Crippen molar-refractivity contribution in [2.45, 2.75) is 70.9 Å². The van der Waals surface area contributed by atoms with E-state index in [4.69, 9.17) is 5.26 Å². The highest BCUT2D eigenvalue weighted by Gasteiger charge is 2.29. The molecule has 0 aliphatic heterocycles. The first-order chi connectivity index (χ1) is 8.82. The predicted molar refractivity (Wildman–Crippen MR) is 81.0 cm³/mol. The summed E-state index contributed by atoms with van der Waals surface area (Å²) in [5.41, 5.74) is 0.179. The molecule has 1 rings (SSSR count). The predicted octanol–water partition coefficient (Wildman–Crippen LogP) is 3.17. The summed E-state index contributed by atoms with van der Waals surface area (Å²) < 4.78 is 0. The smallest absolute Gasteiger partial charge is 0.103 e. The zero-order valence-corrected chi connectivity index (χ0v) is 13.4. The van der Waals surface area contributed by atoms with Gasteiger partial charge in [0.2, 0.25) is 0 Å². The van der Waals surface area contributed by atoms with Crippen molar-refractivity contribution in [1.29, 1.82) is 5.26 Å². The minimum atomic E-state index is -0.366. The summed E-state index contributed by atoms with van der Waals surface area (Å²) in [5, 5.41) is 12.2. The Bertz CT molecular complexity index is 308. The maximum Gasteiger partial charge on any atom is 0.103 e. The molecule has 1 fully saturated rings. The Balaban J connectivity index is 2.29. The van der Waals surface area contributed by atoms with Crippen molar-refractivity contribution in [3.8, 4) is 6.07 Å². The summed E-state index contributed by atoms with van der Waals surface area (Å²) in [6, 6.07) is 3.11. The van der Waals surface area contributed by atoms with Gasteiger partial charge in [-0.25, -0.2) is 0 Å². The maximum atomic E-state index is 9.13. The molecule has 1 aliphatic carbocycles. The second-order valence-electron chi connectivity index (χ2n) is 7.17. The van der Waals surface area contributed by atoms with E-state index in [1.54, 1.807) is 0 Å². The van der Waals surface area contributed by atoms with Crippen LogP contribution in [0.5, 0.6) is 0 Å². The molecule has 0 aromatic heterocycles. The molecule has 1 unspecified atom stereocenters. The standard InChI is InChI=1S/C16H31N3/c1-15(2)10-7-14(8-11-15)19(5)12-6-9-16(3,13-17)18-4/h14,18H,6-12H2,1-5H3. The van der Waals surface area contributed by atoms with Gasteiger partial charge in [-0.3, -0.25) is 0 Å². The molecule has 0 saturated heterocycles. The van der Waals surface area contributed by atoms with Crippen molar-refractivity contribution in [3.63, 3.8) is 0 Å². The normalized spacial score (nSPS) is 23.0. The van der Waals surface area contributed by atoms with E-state index in [2.05, 4.69) is 37.2 Å². The molecule has 0 aromatic rings. The first-order valence-corrected chi connectivity index (χ1v) is 7.62. The fourth-order valence-electron chi connectivity index (χ4n) is 2.93. The van der Waals surface area contributed by atoms with Gasteiger partial charge in [0.15, 0.2) is 0 Å². The summed E-state index contributed by atoms with van der Waals surface area (Å²) in [4.78, 5) is 2.50. The van der Waals surface area contributed by atoms with Crippen LogP contribution in [0.15, 0.2) is 0 Å². The lowest BCUT2D eigenvalue weighted by Crippen LogP contribution is -2.40. The van der Waals surface area contributed by atoms with E-state index in [9.17, 15) is 0 Å². The zero-order valence-electron chi connectivity index (χ0n) is 13.4. The zero-order chi connectivity index (χ0) is 14.5. The minimum absolute atomic E-state index is 0.366. The van der Waals surface area contributed by atoms with Crippen LogP contribution in [0.2, 0.25) is 0 Å². The maximum absolute atomic E-state index is 9.13. The Hall–Kier alpha value is -0.590. The van der Waals surface area contributed by atoms with Gasteiger partial charge in [-0.05, 0) is 71.5 Å². The second-order valence-corrected chi connectivity index (χ2v) is 7.17. The highest BCUT2D eigenvalue weighted by molar-refractivity contribution is 5.02. The van der Waals surface area contributed by atoms with Gasteiger partial charge >= 0.3 is 0 Å². The molecule has 0 spiro atoms. The van der Waals surface area contributed by atoms with Crippen LogP contribution in [0.4, 0.5) is 0 Å². The summed E-state index contributed by atoms with van der Waals surface area (Å²) in [5.74, 6) is 0. The highest BCUT2D eigenvalue weighted by Crippen LogP contribution is 2.36. The molecule has 0 bridgehead atoms. The summed E-state index contributed by atoms with van der Waals surface area (Å²) in [6.07, 6.45) is 7.34. The van der Waals surface area contributed by atoms with E-state index in [1.165, 1.54) is 25.7 Å². The largest absolute Gasteiger partial charge is 0.303 e. The van der Waals surface area contributed by atoms with Crippen LogP contribution >= 0.6 is 0 Å². The van der Waals surface area contributed by atoms with Crippen LogP contribution in [0.1, 0.15) is 59.3 Å². The molecule has 1 saturated carbocycles. The third kappa shape index (κ3) is 5.12. The molecule has 1 atom stereocenters. The Morgan fingerprint density at radius 3 is 2.42 bits per heavy atom. The van der Waals surface area contributed by atoms with E-state index < -0.39 is 0 Å². The molecule has 19 heavy (non-hydrogen) atoms. The molecule has 0 heterocycles. The lowest BCUT2D eigenvalue weighted by Gasteiger charge is -2.38. The van der Waals surface area contributed by atoms with Gasteiger partial charge < -0.3 is 10.2 Å². The quantitative estimate of drug-likeness (QED) is 0.802. The van der Waals surface area contributed by atoms with Gasteiger partial charge in [0.1, 0.15) is 5.54 Å². The topological polar surface area (TPSA) is 39.1 Å². The molecule has 1 N–H and O–H groups in total. The Labute approximate surface area is 119 Å². The number of rotatable bonds is 6. The van der Waals surface area contributed by atoms with Crippen LogP contribution < -0.4 is 5.32 Å². The van der Waals surface area contributed by atoms with E-state index in [0.717, 1.165) is 25.4 Å². The van der Waals surface area contributed by atoms with Crippen molar-refractivity contribution in [2.24, 2.45) is 5.41 Å². The molecule has 0 aromatic carbocycles. The third-order valence-corrected chi connectivity index (χ3v) is 4.92. The van der Waals surface area contributed by atoms with Gasteiger partial charge in [0.25, 0.3) is 0 Å². The van der Waals surface area contributed by atoms with E-state index in [1.807, 2.05) is 14.0 Å². The van der Waals surface area contributed by atoms with Crippen LogP contribution in [0.3, 0.4) is 0 Å². The number of nitriles is 1. The van der Waals surface area contributed by atoms with Crippen molar-refractivity contribution in [1.82, 2.24) is 10.2 Å². The Morgan fingerprint density at radius 1 is 1.37 bits per heavy atom. The van der Waals surface area contributed by atoms with Gasteiger partial charge in [-0.1, -0.05) is 13.8 Å². The van der Waals surface area contributed by atoms with Crippen molar-refractivity contribution < 1.29 is 0 Å². The van der Waals surface area contributed by atoms with Crippen LogP contribution in [-0.4, -0.2) is 37.1 Å². The second kappa shape index (κ2) is 6.72. The van der Waals surface area contributed by atoms with E-state index in [-0.39, 0.29) is 5.54 Å². The van der Waals surface area contributed by atoms with Gasteiger partial charge in [-0.2, -0.15) is 5.26 Å². The lowest BCUT2D eigenvalue weighted by molar-refractivity contribution is 0.125. The fourth-order valence-corrected chi connectivity index (χ4v) is 2.93. The minimum Gasteiger partial charge on any atom is -0.303 e. The summed E-state index contributed by atoms with van der Waals surface area (Å²) in [6.45, 7) is 7.85. The molecule has 3 nitrogen and oxygen atoms in total. The average molecular weight is 265 g/mol. The monoisotopic (exact) mass is 265 g/mol. The van der Waals surface area contributed by atoms with Gasteiger partial charge in [0, 0.05) is 6.04 Å². The first kappa shape index (κ1) is 16.5. The van der Waals surface area contributed by atoms with Crippen molar-refractivity contribution in [3.05, 3.63) is 0 Å². The lowest BCUT2D eigenvalue weighted by atomic mass is 9.75. The number of hydrogen-bond donors (Lipinski definition) is 1. The summed E-state index contributed by atoms with van der Waals surface area (Å²) in [7, 11) is 4.11. The molecule has 0 amide bonds. The number of nitrogens with zero attached hydrogens (tertiary/aromatic N) is 2. The summed E-state index contributed by atoms with van der Waals surface area (Å²) >= 11 is 0. The van der Waals surface area contributed by atoms with E-state index in [0.29, 0.717) is 5.41 Å².